The third-order valence-electron chi connectivity index (χ3n) is 2.45. The Hall–Kier alpha value is -2.70. The summed E-state index contributed by atoms with van der Waals surface area (Å²) in [5.74, 6) is -0.217. The van der Waals surface area contributed by atoms with Gasteiger partial charge in [0.2, 0.25) is 0 Å². The zero-order chi connectivity index (χ0) is 13.3. The molecule has 0 aliphatic carbocycles. The number of ether oxygens (including phenoxy) is 1. The van der Waals surface area contributed by atoms with E-state index >= 15 is 0 Å². The summed E-state index contributed by atoms with van der Waals surface area (Å²) in [5.41, 5.74) is 0.171. The van der Waals surface area contributed by atoms with Crippen molar-refractivity contribution in [1.82, 2.24) is 4.57 Å². The third-order valence-corrected chi connectivity index (χ3v) is 2.45. The minimum absolute atomic E-state index is 0.137. The molecule has 1 aromatic carbocycles. The molecule has 0 spiro atoms. The van der Waals surface area contributed by atoms with Crippen LogP contribution in [0.2, 0.25) is 0 Å². The molecule has 1 aromatic heterocycles. The fourth-order valence-electron chi connectivity index (χ4n) is 1.63. The van der Waals surface area contributed by atoms with Crippen LogP contribution in [0.4, 0.5) is 5.69 Å². The Morgan fingerprint density at radius 1 is 1.22 bits per heavy atom. The van der Waals surface area contributed by atoms with Crippen molar-refractivity contribution in [2.24, 2.45) is 0 Å². The molecule has 0 saturated heterocycles. The predicted molar refractivity (Wildman–Crippen MR) is 62.3 cm³/mol. The van der Waals surface area contributed by atoms with Crippen molar-refractivity contribution in [3.63, 3.8) is 0 Å². The quantitative estimate of drug-likeness (QED) is 0.639. The van der Waals surface area contributed by atoms with Crippen LogP contribution in [0.15, 0.2) is 30.3 Å². The molecule has 0 saturated carbocycles. The van der Waals surface area contributed by atoms with Gasteiger partial charge in [-0.05, 0) is 6.07 Å². The molecule has 7 heteroatoms. The fourth-order valence-corrected chi connectivity index (χ4v) is 1.63. The number of non-ortho nitro benzene ring substituents is 1. The number of nitrogens with zero attached hydrogens (tertiary/aromatic N) is 2. The molecular formula is C11H10N2O5. The van der Waals surface area contributed by atoms with E-state index in [0.717, 1.165) is 4.57 Å². The Morgan fingerprint density at radius 3 is 2.33 bits per heavy atom. The molecule has 2 rings (SSSR count). The Labute approximate surface area is 102 Å². The van der Waals surface area contributed by atoms with Crippen LogP contribution in [-0.2, 0) is 0 Å². The number of hydrogen-bond acceptors (Lipinski definition) is 5. The molecule has 0 radical (unpaired) electrons. The van der Waals surface area contributed by atoms with Crippen molar-refractivity contribution in [1.29, 1.82) is 0 Å². The number of aromatic hydroxyl groups is 2. The first-order valence-corrected chi connectivity index (χ1v) is 4.97. The summed E-state index contributed by atoms with van der Waals surface area (Å²) in [7, 11) is 1.35. The molecule has 18 heavy (non-hydrogen) atoms. The van der Waals surface area contributed by atoms with Crippen molar-refractivity contribution in [3.8, 4) is 23.2 Å². The van der Waals surface area contributed by atoms with Crippen molar-refractivity contribution in [3.05, 3.63) is 40.4 Å². The first-order valence-electron chi connectivity index (χ1n) is 4.97. The Morgan fingerprint density at radius 2 is 1.83 bits per heavy atom. The minimum atomic E-state index is -0.554. The zero-order valence-electron chi connectivity index (χ0n) is 9.40. The number of aromatic nitrogens is 1. The fraction of sp³-hybridized carbons (Fsp3) is 0.0909. The van der Waals surface area contributed by atoms with Crippen molar-refractivity contribution in [2.75, 3.05) is 7.11 Å². The second-order valence-corrected chi connectivity index (χ2v) is 3.50. The van der Waals surface area contributed by atoms with E-state index in [1.807, 2.05) is 0 Å². The molecule has 1 heterocycles. The zero-order valence-corrected chi connectivity index (χ0v) is 9.40. The molecule has 0 bridgehead atoms. The van der Waals surface area contributed by atoms with Crippen molar-refractivity contribution in [2.45, 2.75) is 0 Å². The van der Waals surface area contributed by atoms with Gasteiger partial charge in [-0.1, -0.05) is 0 Å². The first kappa shape index (κ1) is 11.8. The van der Waals surface area contributed by atoms with Crippen LogP contribution >= 0.6 is 0 Å². The van der Waals surface area contributed by atoms with Gasteiger partial charge in [0, 0.05) is 18.2 Å². The number of nitro benzene ring substituents is 1. The highest BCUT2D eigenvalue weighted by atomic mass is 16.6. The molecule has 94 valence electrons. The van der Waals surface area contributed by atoms with Crippen molar-refractivity contribution >= 4 is 5.69 Å². The first-order chi connectivity index (χ1) is 8.54. The van der Waals surface area contributed by atoms with E-state index in [-0.39, 0.29) is 23.2 Å². The molecule has 2 aromatic rings. The Kier molecular flexibility index (Phi) is 2.80. The van der Waals surface area contributed by atoms with Gasteiger partial charge in [-0.3, -0.25) is 10.1 Å². The molecule has 0 unspecified atom stereocenters. The van der Waals surface area contributed by atoms with E-state index in [4.69, 9.17) is 4.74 Å². The van der Waals surface area contributed by atoms with E-state index in [2.05, 4.69) is 0 Å². The van der Waals surface area contributed by atoms with E-state index < -0.39 is 4.92 Å². The lowest BCUT2D eigenvalue weighted by atomic mass is 10.2. The van der Waals surface area contributed by atoms with E-state index in [1.165, 1.54) is 37.4 Å². The van der Waals surface area contributed by atoms with Gasteiger partial charge in [0.1, 0.15) is 5.75 Å². The van der Waals surface area contributed by atoms with Crippen LogP contribution in [-0.4, -0.2) is 26.8 Å². The maximum atomic E-state index is 10.6. The highest BCUT2D eigenvalue weighted by Gasteiger charge is 2.16. The van der Waals surface area contributed by atoms with E-state index in [9.17, 15) is 20.3 Å². The van der Waals surface area contributed by atoms with Crippen LogP contribution in [0, 0.1) is 10.1 Å². The smallest absolute Gasteiger partial charge is 0.273 e. The van der Waals surface area contributed by atoms with Gasteiger partial charge in [-0.15, -0.1) is 0 Å². The van der Waals surface area contributed by atoms with Gasteiger partial charge in [0.05, 0.1) is 23.8 Å². The highest BCUT2D eigenvalue weighted by molar-refractivity contribution is 5.56. The van der Waals surface area contributed by atoms with E-state index in [1.54, 1.807) is 0 Å². The van der Waals surface area contributed by atoms with Crippen LogP contribution < -0.4 is 4.74 Å². The monoisotopic (exact) mass is 250 g/mol. The molecule has 7 nitrogen and oxygen atoms in total. The van der Waals surface area contributed by atoms with Crippen LogP contribution in [0.3, 0.4) is 0 Å². The Bertz CT molecular complexity index is 586. The third kappa shape index (κ3) is 1.81. The molecule has 0 atom stereocenters. The molecule has 0 aliphatic heterocycles. The molecule has 0 fully saturated rings. The largest absolute Gasteiger partial charge is 0.494 e. The lowest BCUT2D eigenvalue weighted by molar-refractivity contribution is -0.384. The number of benzene rings is 1. The lowest BCUT2D eigenvalue weighted by Gasteiger charge is -2.11. The van der Waals surface area contributed by atoms with Gasteiger partial charge in [0.15, 0.2) is 11.8 Å². The second-order valence-electron chi connectivity index (χ2n) is 3.50. The molecule has 0 aliphatic rings. The topological polar surface area (TPSA) is 97.8 Å². The average molecular weight is 250 g/mol. The number of nitro groups is 1. The van der Waals surface area contributed by atoms with Crippen LogP contribution in [0.1, 0.15) is 0 Å². The average Bonchev–Trinajstić information content (AvgIpc) is 2.68. The van der Waals surface area contributed by atoms with Gasteiger partial charge < -0.3 is 14.9 Å². The Balaban J connectivity index is 2.62. The predicted octanol–water partition coefficient (Wildman–Crippen LogP) is 1.81. The summed E-state index contributed by atoms with van der Waals surface area (Å²) in [5, 5.41) is 29.8. The highest BCUT2D eigenvalue weighted by Crippen LogP contribution is 2.34. The SMILES string of the molecule is COc1cc([N+](=O)[O-])ccc1-n1c(O)ccc1O. The van der Waals surface area contributed by atoms with E-state index in [0.29, 0.717) is 5.69 Å². The second kappa shape index (κ2) is 4.28. The van der Waals surface area contributed by atoms with Crippen LogP contribution in [0.5, 0.6) is 17.5 Å². The maximum absolute atomic E-state index is 10.6. The molecule has 2 N–H and O–H groups in total. The van der Waals surface area contributed by atoms with Crippen LogP contribution in [0.25, 0.3) is 5.69 Å². The number of hydrogen-bond donors (Lipinski definition) is 2. The standard InChI is InChI=1S/C11H10N2O5/c1-18-9-6-7(13(16)17)2-3-8(9)12-10(14)4-5-11(12)15/h2-6,14-15H,1H3. The summed E-state index contributed by atoms with van der Waals surface area (Å²) < 4.78 is 6.14. The maximum Gasteiger partial charge on any atom is 0.273 e. The summed E-state index contributed by atoms with van der Waals surface area (Å²) in [6.07, 6.45) is 0. The number of rotatable bonds is 3. The normalized spacial score (nSPS) is 10.3. The van der Waals surface area contributed by atoms with Crippen molar-refractivity contribution < 1.29 is 19.9 Å². The molecular weight excluding hydrogens is 240 g/mol. The number of methoxy groups -OCH3 is 1. The minimum Gasteiger partial charge on any atom is -0.494 e. The van der Waals surface area contributed by atoms with Gasteiger partial charge in [-0.2, -0.15) is 0 Å². The molecule has 0 amide bonds. The van der Waals surface area contributed by atoms with Gasteiger partial charge >= 0.3 is 0 Å². The summed E-state index contributed by atoms with van der Waals surface area (Å²) in [4.78, 5) is 10.1. The van der Waals surface area contributed by atoms with Gasteiger partial charge in [0.25, 0.3) is 5.69 Å². The van der Waals surface area contributed by atoms with Gasteiger partial charge in [-0.25, -0.2) is 4.57 Å². The lowest BCUT2D eigenvalue weighted by Crippen LogP contribution is -1.98. The summed E-state index contributed by atoms with van der Waals surface area (Å²) >= 11 is 0. The summed E-state index contributed by atoms with van der Waals surface area (Å²) in [6.45, 7) is 0. The summed E-state index contributed by atoms with van der Waals surface area (Å²) in [6, 6.07) is 6.47.